The zero-order chi connectivity index (χ0) is 19.8. The first-order valence-electron chi connectivity index (χ1n) is 9.27. The van der Waals surface area contributed by atoms with Crippen molar-refractivity contribution >= 4 is 18.0 Å². The molecule has 0 aromatic heterocycles. The van der Waals surface area contributed by atoms with Gasteiger partial charge < -0.3 is 15.0 Å². The molecule has 1 atom stereocenters. The van der Waals surface area contributed by atoms with Crippen molar-refractivity contribution in [1.29, 1.82) is 0 Å². The van der Waals surface area contributed by atoms with Gasteiger partial charge in [-0.2, -0.15) is 0 Å². The maximum absolute atomic E-state index is 13.1. The third-order valence-corrected chi connectivity index (χ3v) is 4.85. The number of hydrogen-bond donors (Lipinski definition) is 1. The summed E-state index contributed by atoms with van der Waals surface area (Å²) >= 11 is 0. The first kappa shape index (κ1) is 19.2. The summed E-state index contributed by atoms with van der Waals surface area (Å²) in [5.41, 5.74) is 0.340. The molecule has 146 valence electrons. The highest BCUT2D eigenvalue weighted by atomic mass is 16.6. The van der Waals surface area contributed by atoms with Crippen molar-refractivity contribution in [3.63, 3.8) is 0 Å². The molecule has 1 spiro atoms. The number of carbonyl (C=O) groups excluding carboxylic acids is 3. The Balaban J connectivity index is 1.74. The van der Waals surface area contributed by atoms with Crippen molar-refractivity contribution < 1.29 is 19.1 Å². The van der Waals surface area contributed by atoms with Gasteiger partial charge >= 0.3 is 12.1 Å². The molecular formula is C20H27N3O4. The third kappa shape index (κ3) is 4.07. The molecular weight excluding hydrogens is 346 g/mol. The van der Waals surface area contributed by atoms with E-state index >= 15 is 0 Å². The molecule has 3 rings (SSSR count). The summed E-state index contributed by atoms with van der Waals surface area (Å²) < 4.78 is 5.43. The topological polar surface area (TPSA) is 79.0 Å². The van der Waals surface area contributed by atoms with Crippen LogP contribution in [-0.4, -0.2) is 52.1 Å². The summed E-state index contributed by atoms with van der Waals surface area (Å²) in [7, 11) is 0. The molecule has 1 N–H and O–H groups in total. The van der Waals surface area contributed by atoms with E-state index in [-0.39, 0.29) is 19.0 Å². The number of rotatable bonds is 2. The van der Waals surface area contributed by atoms with E-state index in [1.54, 1.807) is 20.8 Å². The summed E-state index contributed by atoms with van der Waals surface area (Å²) in [5.74, 6) is -0.277. The second-order valence-electron chi connectivity index (χ2n) is 8.39. The van der Waals surface area contributed by atoms with Crippen molar-refractivity contribution in [2.24, 2.45) is 0 Å². The predicted octanol–water partition coefficient (Wildman–Crippen LogP) is 2.82. The van der Waals surface area contributed by atoms with E-state index in [1.165, 1.54) is 9.80 Å². The SMILES string of the molecule is Cc1ccc(CN2C(=O)NC3(CCCN(C(=O)OC(C)(C)C)C3)C2=O)cc1. The summed E-state index contributed by atoms with van der Waals surface area (Å²) in [6.45, 7) is 8.26. The molecule has 0 bridgehead atoms. The van der Waals surface area contributed by atoms with E-state index in [0.717, 1.165) is 11.1 Å². The molecule has 1 unspecified atom stereocenters. The van der Waals surface area contributed by atoms with E-state index in [1.807, 2.05) is 31.2 Å². The van der Waals surface area contributed by atoms with Gasteiger partial charge in [-0.3, -0.25) is 9.69 Å². The number of amides is 4. The number of carbonyl (C=O) groups is 3. The normalized spacial score (nSPS) is 23.0. The average Bonchev–Trinajstić information content (AvgIpc) is 2.79. The minimum absolute atomic E-state index is 0.136. The van der Waals surface area contributed by atoms with E-state index < -0.39 is 23.3 Å². The highest BCUT2D eigenvalue weighted by molar-refractivity contribution is 6.07. The minimum atomic E-state index is -1.06. The molecule has 1 aromatic rings. The number of nitrogens with one attached hydrogen (secondary N) is 1. The van der Waals surface area contributed by atoms with Gasteiger partial charge in [-0.25, -0.2) is 9.59 Å². The first-order valence-corrected chi connectivity index (χ1v) is 9.27. The summed E-state index contributed by atoms with van der Waals surface area (Å²) in [4.78, 5) is 40.7. The Bertz CT molecular complexity index is 753. The third-order valence-electron chi connectivity index (χ3n) is 4.85. The van der Waals surface area contributed by atoms with E-state index in [0.29, 0.717) is 19.4 Å². The van der Waals surface area contributed by atoms with Gasteiger partial charge in [0.2, 0.25) is 0 Å². The van der Waals surface area contributed by atoms with Crippen LogP contribution in [0.4, 0.5) is 9.59 Å². The molecule has 0 radical (unpaired) electrons. The van der Waals surface area contributed by atoms with Crippen LogP contribution in [-0.2, 0) is 16.1 Å². The number of ether oxygens (including phenoxy) is 1. The molecule has 2 aliphatic rings. The lowest BCUT2D eigenvalue weighted by atomic mass is 9.89. The second kappa shape index (κ2) is 6.87. The van der Waals surface area contributed by atoms with Crippen LogP contribution < -0.4 is 5.32 Å². The second-order valence-corrected chi connectivity index (χ2v) is 8.39. The fourth-order valence-corrected chi connectivity index (χ4v) is 3.51. The number of nitrogens with zero attached hydrogens (tertiary/aromatic N) is 2. The van der Waals surface area contributed by atoms with E-state index in [2.05, 4.69) is 5.32 Å². The summed E-state index contributed by atoms with van der Waals surface area (Å²) in [5, 5.41) is 2.84. The quantitative estimate of drug-likeness (QED) is 0.809. The van der Waals surface area contributed by atoms with Gasteiger partial charge in [-0.05, 0) is 46.1 Å². The van der Waals surface area contributed by atoms with Gasteiger partial charge in [0.15, 0.2) is 0 Å². The van der Waals surface area contributed by atoms with Crippen LogP contribution in [0.1, 0.15) is 44.7 Å². The van der Waals surface area contributed by atoms with Gasteiger partial charge in [0.25, 0.3) is 5.91 Å². The zero-order valence-electron chi connectivity index (χ0n) is 16.4. The van der Waals surface area contributed by atoms with Crippen LogP contribution in [0.25, 0.3) is 0 Å². The summed E-state index contributed by atoms with van der Waals surface area (Å²) in [6, 6.07) is 7.32. The molecule has 2 heterocycles. The van der Waals surface area contributed by atoms with Crippen LogP contribution in [0, 0.1) is 6.92 Å². The van der Waals surface area contributed by atoms with Crippen LogP contribution in [0.2, 0.25) is 0 Å². The lowest BCUT2D eigenvalue weighted by molar-refractivity contribution is -0.133. The molecule has 0 aliphatic carbocycles. The first-order chi connectivity index (χ1) is 12.6. The van der Waals surface area contributed by atoms with Crippen molar-refractivity contribution in [3.8, 4) is 0 Å². The molecule has 4 amide bonds. The average molecular weight is 373 g/mol. The number of likely N-dealkylation sites (tertiary alicyclic amines) is 1. The Labute approximate surface area is 159 Å². The fourth-order valence-electron chi connectivity index (χ4n) is 3.51. The number of urea groups is 1. The van der Waals surface area contributed by atoms with E-state index in [9.17, 15) is 14.4 Å². The Morgan fingerprint density at radius 2 is 1.89 bits per heavy atom. The molecule has 2 fully saturated rings. The molecule has 27 heavy (non-hydrogen) atoms. The Morgan fingerprint density at radius 3 is 2.52 bits per heavy atom. The highest BCUT2D eigenvalue weighted by Crippen LogP contribution is 2.30. The van der Waals surface area contributed by atoms with Crippen LogP contribution in [0.15, 0.2) is 24.3 Å². The van der Waals surface area contributed by atoms with Crippen molar-refractivity contribution in [3.05, 3.63) is 35.4 Å². The molecule has 7 heteroatoms. The number of aryl methyl sites for hydroxylation is 1. The van der Waals surface area contributed by atoms with Gasteiger partial charge in [0, 0.05) is 6.54 Å². The lowest BCUT2D eigenvalue weighted by Crippen LogP contribution is -2.60. The maximum atomic E-state index is 13.1. The molecule has 7 nitrogen and oxygen atoms in total. The zero-order valence-corrected chi connectivity index (χ0v) is 16.4. The lowest BCUT2D eigenvalue weighted by Gasteiger charge is -2.38. The largest absolute Gasteiger partial charge is 0.444 e. The Kier molecular flexibility index (Phi) is 4.88. The standard InChI is InChI=1S/C20H27N3O4/c1-14-6-8-15(9-7-14)12-23-16(24)20(21-17(23)25)10-5-11-22(13-20)18(26)27-19(2,3)4/h6-9H,5,10-13H2,1-4H3,(H,21,25). The molecule has 2 saturated heterocycles. The highest BCUT2D eigenvalue weighted by Gasteiger charge is 2.53. The van der Waals surface area contributed by atoms with Crippen LogP contribution in [0.3, 0.4) is 0 Å². The smallest absolute Gasteiger partial charge is 0.410 e. The van der Waals surface area contributed by atoms with Crippen LogP contribution >= 0.6 is 0 Å². The van der Waals surface area contributed by atoms with Crippen molar-refractivity contribution in [1.82, 2.24) is 15.1 Å². The monoisotopic (exact) mass is 373 g/mol. The van der Waals surface area contributed by atoms with Crippen molar-refractivity contribution in [2.45, 2.75) is 58.2 Å². The number of benzene rings is 1. The number of hydrogen-bond acceptors (Lipinski definition) is 4. The van der Waals surface area contributed by atoms with Crippen molar-refractivity contribution in [2.75, 3.05) is 13.1 Å². The molecule has 0 saturated carbocycles. The minimum Gasteiger partial charge on any atom is -0.444 e. The molecule has 1 aromatic carbocycles. The summed E-state index contributed by atoms with van der Waals surface area (Å²) in [6.07, 6.45) is 0.686. The van der Waals surface area contributed by atoms with Crippen LogP contribution in [0.5, 0.6) is 0 Å². The molecule has 2 aliphatic heterocycles. The van der Waals surface area contributed by atoms with Gasteiger partial charge in [0.1, 0.15) is 11.1 Å². The maximum Gasteiger partial charge on any atom is 0.410 e. The van der Waals surface area contributed by atoms with Gasteiger partial charge in [-0.15, -0.1) is 0 Å². The fraction of sp³-hybridized carbons (Fsp3) is 0.550. The van der Waals surface area contributed by atoms with E-state index in [4.69, 9.17) is 4.74 Å². The van der Waals surface area contributed by atoms with Gasteiger partial charge in [0.05, 0.1) is 13.1 Å². The van der Waals surface area contributed by atoms with Gasteiger partial charge in [-0.1, -0.05) is 29.8 Å². The number of piperidine rings is 1. The Morgan fingerprint density at radius 1 is 1.22 bits per heavy atom. The number of imide groups is 1. The Hall–Kier alpha value is -2.57. The predicted molar refractivity (Wildman–Crippen MR) is 100 cm³/mol.